The van der Waals surface area contributed by atoms with Gasteiger partial charge in [-0.2, -0.15) is 0 Å². The summed E-state index contributed by atoms with van der Waals surface area (Å²) in [6, 6.07) is 16.4. The molecule has 1 heterocycles. The first-order valence-corrected chi connectivity index (χ1v) is 9.07. The van der Waals surface area contributed by atoms with Gasteiger partial charge in [0.15, 0.2) is 6.61 Å². The molecule has 8 nitrogen and oxygen atoms in total. The van der Waals surface area contributed by atoms with E-state index in [1.807, 2.05) is 0 Å². The minimum atomic E-state index is -0.728. The Bertz CT molecular complexity index is 1010. The first-order chi connectivity index (χ1) is 14.6. The summed E-state index contributed by atoms with van der Waals surface area (Å²) in [5.41, 5.74) is 0.814. The van der Waals surface area contributed by atoms with Crippen LogP contribution in [0.5, 0.6) is 5.75 Å². The van der Waals surface area contributed by atoms with Crippen LogP contribution >= 0.6 is 0 Å². The van der Waals surface area contributed by atoms with E-state index < -0.39 is 24.4 Å². The van der Waals surface area contributed by atoms with Crippen LogP contribution in [0, 0.1) is 0 Å². The number of furan rings is 1. The maximum atomic E-state index is 12.5. The van der Waals surface area contributed by atoms with Crippen molar-refractivity contribution in [2.24, 2.45) is 0 Å². The van der Waals surface area contributed by atoms with Gasteiger partial charge in [-0.15, -0.1) is 0 Å². The van der Waals surface area contributed by atoms with Crippen LogP contribution in [0.15, 0.2) is 71.3 Å². The lowest BCUT2D eigenvalue weighted by atomic mass is 10.1. The molecular weight excluding hydrogens is 388 g/mol. The van der Waals surface area contributed by atoms with Crippen molar-refractivity contribution in [3.8, 4) is 5.75 Å². The van der Waals surface area contributed by atoms with Crippen molar-refractivity contribution in [3.63, 3.8) is 0 Å². The summed E-state index contributed by atoms with van der Waals surface area (Å²) in [6.45, 7) is -0.266. The molecule has 30 heavy (non-hydrogen) atoms. The molecule has 2 amide bonds. The van der Waals surface area contributed by atoms with E-state index in [0.717, 1.165) is 0 Å². The van der Waals surface area contributed by atoms with E-state index in [1.54, 1.807) is 54.6 Å². The Labute approximate surface area is 172 Å². The number of hydrogen-bond donors (Lipinski definition) is 2. The predicted molar refractivity (Wildman–Crippen MR) is 108 cm³/mol. The molecule has 0 saturated heterocycles. The van der Waals surface area contributed by atoms with Gasteiger partial charge in [-0.25, -0.2) is 4.79 Å². The normalized spacial score (nSPS) is 10.2. The highest BCUT2D eigenvalue weighted by molar-refractivity contribution is 6.08. The number of benzene rings is 2. The highest BCUT2D eigenvalue weighted by atomic mass is 16.5. The highest BCUT2D eigenvalue weighted by Crippen LogP contribution is 2.18. The van der Waals surface area contributed by atoms with E-state index >= 15 is 0 Å². The van der Waals surface area contributed by atoms with Crippen LogP contribution in [0.25, 0.3) is 0 Å². The van der Waals surface area contributed by atoms with Crippen LogP contribution in [-0.2, 0) is 16.1 Å². The van der Waals surface area contributed by atoms with Crippen LogP contribution in [0.2, 0.25) is 0 Å². The number of carbonyl (C=O) groups is 3. The Morgan fingerprint density at radius 1 is 0.967 bits per heavy atom. The number of carbonyl (C=O) groups excluding carboxylic acids is 3. The van der Waals surface area contributed by atoms with Crippen molar-refractivity contribution in [2.45, 2.75) is 6.54 Å². The van der Waals surface area contributed by atoms with Gasteiger partial charge in [0.05, 0.1) is 31.2 Å². The molecule has 0 unspecified atom stereocenters. The monoisotopic (exact) mass is 408 g/mol. The van der Waals surface area contributed by atoms with E-state index in [0.29, 0.717) is 17.1 Å². The summed E-state index contributed by atoms with van der Waals surface area (Å²) in [7, 11) is 1.54. The van der Waals surface area contributed by atoms with Crippen LogP contribution in [0.3, 0.4) is 0 Å². The topological polar surface area (TPSA) is 107 Å². The van der Waals surface area contributed by atoms with Crippen molar-refractivity contribution < 1.29 is 28.3 Å². The molecule has 0 fully saturated rings. The van der Waals surface area contributed by atoms with Gasteiger partial charge in [0, 0.05) is 5.56 Å². The van der Waals surface area contributed by atoms with E-state index in [9.17, 15) is 14.4 Å². The zero-order chi connectivity index (χ0) is 21.3. The molecular formula is C22H20N2O6. The zero-order valence-electron chi connectivity index (χ0n) is 16.2. The van der Waals surface area contributed by atoms with Gasteiger partial charge in [0.25, 0.3) is 11.8 Å². The van der Waals surface area contributed by atoms with Crippen molar-refractivity contribution in [2.75, 3.05) is 19.0 Å². The van der Waals surface area contributed by atoms with Crippen molar-refractivity contribution in [3.05, 3.63) is 83.8 Å². The van der Waals surface area contributed by atoms with E-state index in [2.05, 4.69) is 10.6 Å². The van der Waals surface area contributed by atoms with Gasteiger partial charge in [0.1, 0.15) is 11.5 Å². The van der Waals surface area contributed by atoms with Gasteiger partial charge >= 0.3 is 5.97 Å². The smallest absolute Gasteiger partial charge is 0.340 e. The largest absolute Gasteiger partial charge is 0.497 e. The van der Waals surface area contributed by atoms with E-state index in [1.165, 1.54) is 19.4 Å². The molecule has 1 aromatic heterocycles. The number of para-hydroxylation sites is 1. The lowest BCUT2D eigenvalue weighted by molar-refractivity contribution is -0.124. The molecule has 0 saturated carbocycles. The van der Waals surface area contributed by atoms with Crippen LogP contribution in [0.1, 0.15) is 26.5 Å². The number of amides is 2. The summed E-state index contributed by atoms with van der Waals surface area (Å²) in [6.07, 6.45) is 1.50. The summed E-state index contributed by atoms with van der Waals surface area (Å²) < 4.78 is 15.3. The van der Waals surface area contributed by atoms with Crippen molar-refractivity contribution in [1.29, 1.82) is 0 Å². The standard InChI is InChI=1S/C22H20N2O6/c1-28-16-10-8-15(9-11-16)21(26)24-19-7-3-2-6-18(19)22(27)30-14-20(25)23-13-17-5-4-12-29-17/h2-12H,13-14H2,1H3,(H,23,25)(H,24,26). The SMILES string of the molecule is COc1ccc(C(=O)Nc2ccccc2C(=O)OCC(=O)NCc2ccco2)cc1. The molecule has 0 atom stereocenters. The highest BCUT2D eigenvalue weighted by Gasteiger charge is 2.16. The Balaban J connectivity index is 1.58. The van der Waals surface area contributed by atoms with Crippen LogP contribution in [0.4, 0.5) is 5.69 Å². The third-order valence-corrected chi connectivity index (χ3v) is 4.12. The number of rotatable bonds is 8. The number of nitrogens with one attached hydrogen (secondary N) is 2. The lowest BCUT2D eigenvalue weighted by Gasteiger charge is -2.11. The number of methoxy groups -OCH3 is 1. The second kappa shape index (κ2) is 9.92. The molecule has 8 heteroatoms. The minimum Gasteiger partial charge on any atom is -0.497 e. The third kappa shape index (κ3) is 5.48. The molecule has 3 rings (SSSR count). The fourth-order valence-electron chi connectivity index (χ4n) is 2.57. The van der Waals surface area contributed by atoms with Gasteiger partial charge < -0.3 is 24.5 Å². The number of hydrogen-bond acceptors (Lipinski definition) is 6. The van der Waals surface area contributed by atoms with E-state index in [-0.39, 0.29) is 17.8 Å². The number of anilines is 1. The zero-order valence-corrected chi connectivity index (χ0v) is 16.2. The second-order valence-electron chi connectivity index (χ2n) is 6.16. The molecule has 0 aliphatic carbocycles. The maximum Gasteiger partial charge on any atom is 0.340 e. The molecule has 0 radical (unpaired) electrons. The van der Waals surface area contributed by atoms with Gasteiger partial charge in [-0.1, -0.05) is 12.1 Å². The first-order valence-electron chi connectivity index (χ1n) is 9.07. The average Bonchev–Trinajstić information content (AvgIpc) is 3.30. The fraction of sp³-hybridized carbons (Fsp3) is 0.136. The molecule has 2 aromatic carbocycles. The molecule has 0 aliphatic rings. The van der Waals surface area contributed by atoms with Crippen molar-refractivity contribution in [1.82, 2.24) is 5.32 Å². The Morgan fingerprint density at radius 2 is 1.73 bits per heavy atom. The Hall–Kier alpha value is -4.07. The Kier molecular flexibility index (Phi) is 6.83. The predicted octanol–water partition coefficient (Wildman–Crippen LogP) is 3.01. The number of ether oxygens (including phenoxy) is 2. The van der Waals surface area contributed by atoms with Crippen LogP contribution in [-0.4, -0.2) is 31.5 Å². The average molecular weight is 408 g/mol. The number of esters is 1. The molecule has 3 aromatic rings. The van der Waals surface area contributed by atoms with Gasteiger partial charge in [-0.05, 0) is 48.5 Å². The van der Waals surface area contributed by atoms with Gasteiger partial charge in [-0.3, -0.25) is 9.59 Å². The van der Waals surface area contributed by atoms with Crippen molar-refractivity contribution >= 4 is 23.5 Å². The second-order valence-corrected chi connectivity index (χ2v) is 6.16. The third-order valence-electron chi connectivity index (χ3n) is 4.12. The summed E-state index contributed by atoms with van der Waals surface area (Å²) in [4.78, 5) is 36.8. The minimum absolute atomic E-state index is 0.137. The summed E-state index contributed by atoms with van der Waals surface area (Å²) in [5, 5.41) is 5.26. The fourth-order valence-corrected chi connectivity index (χ4v) is 2.57. The molecule has 0 aliphatic heterocycles. The quantitative estimate of drug-likeness (QED) is 0.555. The summed E-state index contributed by atoms with van der Waals surface area (Å²) in [5.74, 6) is -0.385. The van der Waals surface area contributed by atoms with Gasteiger partial charge in [0.2, 0.25) is 0 Å². The first kappa shape index (κ1) is 20.7. The Morgan fingerprint density at radius 3 is 2.43 bits per heavy atom. The summed E-state index contributed by atoms with van der Waals surface area (Å²) >= 11 is 0. The van der Waals surface area contributed by atoms with E-state index in [4.69, 9.17) is 13.9 Å². The molecule has 0 bridgehead atoms. The maximum absolute atomic E-state index is 12.5. The lowest BCUT2D eigenvalue weighted by Crippen LogP contribution is -2.28. The molecule has 2 N–H and O–H groups in total. The molecule has 154 valence electrons. The van der Waals surface area contributed by atoms with Crippen LogP contribution < -0.4 is 15.4 Å². The molecule has 0 spiro atoms.